The van der Waals surface area contributed by atoms with Crippen LogP contribution in [0.25, 0.3) is 10.9 Å². The lowest BCUT2D eigenvalue weighted by Gasteiger charge is -2.10. The SMILES string of the molecule is CCn1c(C)c(CC(N)C(=O)OC)c2cc(OC)ccc21. The summed E-state index contributed by atoms with van der Waals surface area (Å²) in [7, 11) is 3.00. The van der Waals surface area contributed by atoms with Gasteiger partial charge in [-0.15, -0.1) is 0 Å². The molecule has 0 radical (unpaired) electrons. The zero-order valence-corrected chi connectivity index (χ0v) is 13.0. The number of ether oxygens (including phenoxy) is 2. The minimum absolute atomic E-state index is 0.394. The van der Waals surface area contributed by atoms with Crippen LogP contribution in [-0.4, -0.2) is 30.8 Å². The van der Waals surface area contributed by atoms with E-state index in [0.29, 0.717) is 6.42 Å². The van der Waals surface area contributed by atoms with E-state index in [2.05, 4.69) is 18.4 Å². The summed E-state index contributed by atoms with van der Waals surface area (Å²) in [6.45, 7) is 5.01. The van der Waals surface area contributed by atoms with Gasteiger partial charge in [0.15, 0.2) is 0 Å². The Balaban J connectivity index is 2.55. The van der Waals surface area contributed by atoms with Crippen LogP contribution in [0.1, 0.15) is 18.2 Å². The smallest absolute Gasteiger partial charge is 0.322 e. The first-order valence-corrected chi connectivity index (χ1v) is 7.02. The lowest BCUT2D eigenvalue weighted by molar-refractivity contribution is -0.142. The van der Waals surface area contributed by atoms with Gasteiger partial charge < -0.3 is 19.8 Å². The summed E-state index contributed by atoms with van der Waals surface area (Å²) in [5, 5.41) is 1.08. The first kappa shape index (κ1) is 15.4. The van der Waals surface area contributed by atoms with Crippen LogP contribution in [0.15, 0.2) is 18.2 Å². The number of nitrogens with zero attached hydrogens (tertiary/aromatic N) is 1. The summed E-state index contributed by atoms with van der Waals surface area (Å²) in [5.74, 6) is 0.401. The molecule has 21 heavy (non-hydrogen) atoms. The number of hydrogen-bond acceptors (Lipinski definition) is 4. The van der Waals surface area contributed by atoms with E-state index < -0.39 is 12.0 Å². The molecule has 1 heterocycles. The predicted octanol–water partition coefficient (Wildman–Crippen LogP) is 2.02. The molecule has 1 aromatic heterocycles. The van der Waals surface area contributed by atoms with Gasteiger partial charge in [-0.1, -0.05) is 0 Å². The molecule has 0 saturated heterocycles. The standard InChI is InChI=1S/C16H22N2O3/c1-5-18-10(2)12(9-14(17)16(19)21-4)13-8-11(20-3)6-7-15(13)18/h6-8,14H,5,9,17H2,1-4H3. The fourth-order valence-electron chi connectivity index (χ4n) is 2.78. The fraction of sp³-hybridized carbons (Fsp3) is 0.438. The van der Waals surface area contributed by atoms with Crippen molar-refractivity contribution >= 4 is 16.9 Å². The number of nitrogens with two attached hydrogens (primary N) is 1. The molecule has 0 spiro atoms. The molecule has 1 atom stereocenters. The van der Waals surface area contributed by atoms with Crippen molar-refractivity contribution in [1.29, 1.82) is 0 Å². The number of rotatable bonds is 5. The zero-order valence-electron chi connectivity index (χ0n) is 13.0. The van der Waals surface area contributed by atoms with Crippen LogP contribution in [0, 0.1) is 6.92 Å². The number of carbonyl (C=O) groups is 1. The maximum atomic E-state index is 11.6. The maximum absolute atomic E-state index is 11.6. The van der Waals surface area contributed by atoms with Crippen molar-refractivity contribution in [3.63, 3.8) is 0 Å². The largest absolute Gasteiger partial charge is 0.497 e. The van der Waals surface area contributed by atoms with Gasteiger partial charge in [-0.3, -0.25) is 4.79 Å². The normalized spacial score (nSPS) is 12.4. The Morgan fingerprint density at radius 2 is 2.10 bits per heavy atom. The molecule has 2 N–H and O–H groups in total. The Labute approximate surface area is 124 Å². The Hall–Kier alpha value is -2.01. The summed E-state index contributed by atoms with van der Waals surface area (Å²) in [4.78, 5) is 11.6. The van der Waals surface area contributed by atoms with Gasteiger partial charge in [0.2, 0.25) is 0 Å². The highest BCUT2D eigenvalue weighted by Crippen LogP contribution is 2.30. The van der Waals surface area contributed by atoms with Crippen LogP contribution in [-0.2, 0) is 22.5 Å². The van der Waals surface area contributed by atoms with Crippen molar-refractivity contribution in [2.24, 2.45) is 5.73 Å². The van der Waals surface area contributed by atoms with Crippen molar-refractivity contribution in [3.8, 4) is 5.75 Å². The van der Waals surface area contributed by atoms with Crippen LogP contribution < -0.4 is 10.5 Å². The summed E-state index contributed by atoms with van der Waals surface area (Å²) in [6.07, 6.45) is 0.454. The second-order valence-corrected chi connectivity index (χ2v) is 5.03. The van der Waals surface area contributed by atoms with E-state index >= 15 is 0 Å². The second-order valence-electron chi connectivity index (χ2n) is 5.03. The van der Waals surface area contributed by atoms with E-state index in [9.17, 15) is 4.79 Å². The van der Waals surface area contributed by atoms with Crippen molar-refractivity contribution in [1.82, 2.24) is 4.57 Å². The van der Waals surface area contributed by atoms with Gasteiger partial charge >= 0.3 is 5.97 Å². The number of carbonyl (C=O) groups excluding carboxylic acids is 1. The summed E-state index contributed by atoms with van der Waals surface area (Å²) in [5.41, 5.74) is 9.25. The number of hydrogen-bond donors (Lipinski definition) is 1. The lowest BCUT2D eigenvalue weighted by atomic mass is 10.0. The van der Waals surface area contributed by atoms with E-state index in [1.807, 2.05) is 18.2 Å². The quantitative estimate of drug-likeness (QED) is 0.856. The predicted molar refractivity (Wildman–Crippen MR) is 82.6 cm³/mol. The molecular weight excluding hydrogens is 268 g/mol. The summed E-state index contributed by atoms with van der Waals surface area (Å²) >= 11 is 0. The topological polar surface area (TPSA) is 66.5 Å². The van der Waals surface area contributed by atoms with Gasteiger partial charge in [0.1, 0.15) is 11.8 Å². The molecule has 1 unspecified atom stereocenters. The van der Waals surface area contributed by atoms with E-state index in [4.69, 9.17) is 15.2 Å². The third-order valence-electron chi connectivity index (χ3n) is 3.91. The highest BCUT2D eigenvalue weighted by Gasteiger charge is 2.20. The van der Waals surface area contributed by atoms with E-state index in [0.717, 1.165) is 34.5 Å². The molecule has 2 rings (SSSR count). The Kier molecular flexibility index (Phi) is 4.53. The Morgan fingerprint density at radius 1 is 1.38 bits per heavy atom. The highest BCUT2D eigenvalue weighted by atomic mass is 16.5. The molecule has 0 fully saturated rings. The van der Waals surface area contributed by atoms with Crippen LogP contribution in [0.5, 0.6) is 5.75 Å². The lowest BCUT2D eigenvalue weighted by Crippen LogP contribution is -2.33. The minimum atomic E-state index is -0.657. The number of esters is 1. The third-order valence-corrected chi connectivity index (χ3v) is 3.91. The van der Waals surface area contributed by atoms with Crippen molar-refractivity contribution in [2.75, 3.05) is 14.2 Å². The van der Waals surface area contributed by atoms with Gasteiger partial charge in [0.05, 0.1) is 14.2 Å². The van der Waals surface area contributed by atoms with E-state index in [1.165, 1.54) is 7.11 Å². The average molecular weight is 290 g/mol. The number of aryl methyl sites for hydroxylation is 1. The average Bonchev–Trinajstić information content (AvgIpc) is 2.77. The number of aromatic nitrogens is 1. The third kappa shape index (κ3) is 2.74. The van der Waals surface area contributed by atoms with Crippen molar-refractivity contribution in [2.45, 2.75) is 32.9 Å². The van der Waals surface area contributed by atoms with E-state index in [1.54, 1.807) is 7.11 Å². The molecule has 5 heteroatoms. The highest BCUT2D eigenvalue weighted by molar-refractivity contribution is 5.88. The summed E-state index contributed by atoms with van der Waals surface area (Å²) < 4.78 is 12.2. The van der Waals surface area contributed by atoms with Crippen LogP contribution in [0.2, 0.25) is 0 Å². The first-order chi connectivity index (χ1) is 10.0. The van der Waals surface area contributed by atoms with Crippen molar-refractivity contribution in [3.05, 3.63) is 29.5 Å². The Bertz CT molecular complexity index is 661. The molecule has 2 aromatic rings. The zero-order chi connectivity index (χ0) is 15.6. The maximum Gasteiger partial charge on any atom is 0.322 e. The molecule has 0 saturated carbocycles. The molecule has 0 bridgehead atoms. The van der Waals surface area contributed by atoms with Crippen LogP contribution in [0.4, 0.5) is 0 Å². The molecule has 0 aliphatic heterocycles. The number of benzene rings is 1. The number of methoxy groups -OCH3 is 2. The van der Waals surface area contributed by atoms with E-state index in [-0.39, 0.29) is 0 Å². The monoisotopic (exact) mass is 290 g/mol. The van der Waals surface area contributed by atoms with Gasteiger partial charge in [0, 0.05) is 29.6 Å². The molecule has 1 aromatic carbocycles. The van der Waals surface area contributed by atoms with Gasteiger partial charge in [-0.2, -0.15) is 0 Å². The molecule has 0 amide bonds. The summed E-state index contributed by atoms with van der Waals surface area (Å²) in [6, 6.07) is 5.32. The van der Waals surface area contributed by atoms with Gasteiger partial charge in [-0.05, 0) is 37.6 Å². The van der Waals surface area contributed by atoms with Crippen LogP contribution in [0.3, 0.4) is 0 Å². The van der Waals surface area contributed by atoms with Crippen molar-refractivity contribution < 1.29 is 14.3 Å². The minimum Gasteiger partial charge on any atom is -0.497 e. The molecule has 0 aliphatic carbocycles. The fourth-order valence-corrected chi connectivity index (χ4v) is 2.78. The second kappa shape index (κ2) is 6.18. The Morgan fingerprint density at radius 3 is 2.67 bits per heavy atom. The molecule has 5 nitrogen and oxygen atoms in total. The number of fused-ring (bicyclic) bond motifs is 1. The molecule has 114 valence electrons. The first-order valence-electron chi connectivity index (χ1n) is 7.02. The molecular formula is C16H22N2O3. The molecule has 0 aliphatic rings. The van der Waals surface area contributed by atoms with Gasteiger partial charge in [-0.25, -0.2) is 0 Å². The van der Waals surface area contributed by atoms with Gasteiger partial charge in [0.25, 0.3) is 0 Å². The van der Waals surface area contributed by atoms with Crippen LogP contribution >= 0.6 is 0 Å².